The van der Waals surface area contributed by atoms with Gasteiger partial charge >= 0.3 is 5.97 Å². The van der Waals surface area contributed by atoms with Gasteiger partial charge in [0.15, 0.2) is 0 Å². The van der Waals surface area contributed by atoms with Gasteiger partial charge in [0.25, 0.3) is 0 Å². The summed E-state index contributed by atoms with van der Waals surface area (Å²) in [5.41, 5.74) is 0.0958. The first-order chi connectivity index (χ1) is 7.41. The van der Waals surface area contributed by atoms with E-state index in [0.717, 1.165) is 0 Å². The third kappa shape index (κ3) is 3.62. The van der Waals surface area contributed by atoms with Crippen molar-refractivity contribution in [2.75, 3.05) is 6.61 Å². The average Bonchev–Trinajstić information content (AvgIpc) is 2.25. The number of aliphatic hydroxyl groups is 1. The molecule has 0 spiro atoms. The molecule has 1 atom stereocenters. The van der Waals surface area contributed by atoms with E-state index >= 15 is 0 Å². The average molecular weight is 223 g/mol. The third-order valence-electron chi connectivity index (χ3n) is 2.05. The fraction of sp³-hybridized carbons (Fsp3) is 0.500. The molecule has 0 unspecified atom stereocenters. The van der Waals surface area contributed by atoms with Crippen LogP contribution >= 0.6 is 0 Å². The summed E-state index contributed by atoms with van der Waals surface area (Å²) in [7, 11) is 0. The van der Waals surface area contributed by atoms with Crippen LogP contribution in [0.5, 0.6) is 0 Å². The molecule has 0 aliphatic rings. The van der Waals surface area contributed by atoms with E-state index in [-0.39, 0.29) is 12.6 Å². The Morgan fingerprint density at radius 2 is 2.25 bits per heavy atom. The van der Waals surface area contributed by atoms with Crippen LogP contribution in [0.25, 0.3) is 0 Å². The second-order valence-corrected chi connectivity index (χ2v) is 4.65. The number of ether oxygens (including phenoxy) is 1. The highest BCUT2D eigenvalue weighted by atomic mass is 16.5. The van der Waals surface area contributed by atoms with Gasteiger partial charge in [0.1, 0.15) is 12.7 Å². The fourth-order valence-electron chi connectivity index (χ4n) is 1.04. The van der Waals surface area contributed by atoms with Gasteiger partial charge in [-0.25, -0.2) is 0 Å². The summed E-state index contributed by atoms with van der Waals surface area (Å²) in [6.45, 7) is 5.27. The van der Waals surface area contributed by atoms with Crippen LogP contribution in [0, 0.1) is 5.41 Å². The van der Waals surface area contributed by atoms with Gasteiger partial charge in [0, 0.05) is 18.0 Å². The Hall–Kier alpha value is -1.42. The molecule has 1 aromatic rings. The van der Waals surface area contributed by atoms with Gasteiger partial charge in [-0.2, -0.15) is 0 Å². The molecule has 0 aromatic carbocycles. The molecular weight excluding hydrogens is 206 g/mol. The van der Waals surface area contributed by atoms with E-state index in [9.17, 15) is 9.90 Å². The van der Waals surface area contributed by atoms with Crippen LogP contribution in [-0.4, -0.2) is 22.7 Å². The highest BCUT2D eigenvalue weighted by Crippen LogP contribution is 2.17. The highest BCUT2D eigenvalue weighted by molar-refractivity contribution is 5.75. The molecule has 1 heterocycles. The highest BCUT2D eigenvalue weighted by Gasteiger charge is 2.24. The van der Waals surface area contributed by atoms with E-state index in [1.807, 2.05) is 0 Å². The fourth-order valence-corrected chi connectivity index (χ4v) is 1.04. The molecule has 1 rings (SSSR count). The molecule has 0 saturated carbocycles. The number of pyridine rings is 1. The first kappa shape index (κ1) is 12.6. The first-order valence-corrected chi connectivity index (χ1v) is 5.16. The summed E-state index contributed by atoms with van der Waals surface area (Å²) >= 11 is 0. The number of hydrogen-bond donors (Lipinski definition) is 1. The zero-order valence-corrected chi connectivity index (χ0v) is 9.80. The van der Waals surface area contributed by atoms with Gasteiger partial charge < -0.3 is 9.84 Å². The summed E-state index contributed by atoms with van der Waals surface area (Å²) in [5, 5.41) is 9.72. The lowest BCUT2D eigenvalue weighted by Gasteiger charge is -2.18. The second kappa shape index (κ2) is 5.07. The molecule has 0 fully saturated rings. The van der Waals surface area contributed by atoms with Crippen molar-refractivity contribution in [2.45, 2.75) is 26.9 Å². The molecule has 0 aliphatic carbocycles. The number of esters is 1. The maximum absolute atomic E-state index is 11.5. The van der Waals surface area contributed by atoms with E-state index in [4.69, 9.17) is 4.74 Å². The lowest BCUT2D eigenvalue weighted by atomic mass is 9.97. The number of carbonyl (C=O) groups excluding carboxylic acids is 1. The largest absolute Gasteiger partial charge is 0.462 e. The standard InChI is InChI=1S/C12H17NO3/c1-12(2,3)11(15)16-8-10(14)9-5-4-6-13-7-9/h4-7,10,14H,8H2,1-3H3/t10-/m1/s1. The molecule has 0 amide bonds. The van der Waals surface area contributed by atoms with Crippen molar-refractivity contribution < 1.29 is 14.6 Å². The number of rotatable bonds is 3. The molecule has 0 radical (unpaired) electrons. The summed E-state index contributed by atoms with van der Waals surface area (Å²) in [4.78, 5) is 15.3. The molecule has 0 saturated heterocycles. The molecule has 1 aromatic heterocycles. The number of hydrogen-bond acceptors (Lipinski definition) is 4. The molecular formula is C12H17NO3. The zero-order valence-electron chi connectivity index (χ0n) is 9.80. The van der Waals surface area contributed by atoms with Crippen LogP contribution < -0.4 is 0 Å². The summed E-state index contributed by atoms with van der Waals surface area (Å²) in [6.07, 6.45) is 2.35. The Bertz CT molecular complexity index is 343. The van der Waals surface area contributed by atoms with E-state index in [0.29, 0.717) is 5.56 Å². The van der Waals surface area contributed by atoms with E-state index in [1.54, 1.807) is 45.3 Å². The van der Waals surface area contributed by atoms with Crippen LogP contribution in [0.3, 0.4) is 0 Å². The molecule has 4 nitrogen and oxygen atoms in total. The van der Waals surface area contributed by atoms with Crippen LogP contribution in [0.2, 0.25) is 0 Å². The van der Waals surface area contributed by atoms with Crippen molar-refractivity contribution in [2.24, 2.45) is 5.41 Å². The minimum Gasteiger partial charge on any atom is -0.462 e. The molecule has 0 bridgehead atoms. The SMILES string of the molecule is CC(C)(C)C(=O)OC[C@@H](O)c1cccnc1. The van der Waals surface area contributed by atoms with Crippen molar-refractivity contribution >= 4 is 5.97 Å². The van der Waals surface area contributed by atoms with Crippen LogP contribution in [0.4, 0.5) is 0 Å². The van der Waals surface area contributed by atoms with Gasteiger partial charge in [0.2, 0.25) is 0 Å². The minimum absolute atomic E-state index is 0.0399. The Kier molecular flexibility index (Phi) is 4.01. The topological polar surface area (TPSA) is 59.4 Å². The van der Waals surface area contributed by atoms with Crippen LogP contribution in [0.15, 0.2) is 24.5 Å². The molecule has 0 aliphatic heterocycles. The minimum atomic E-state index is -0.819. The maximum Gasteiger partial charge on any atom is 0.311 e. The van der Waals surface area contributed by atoms with E-state index in [2.05, 4.69) is 4.98 Å². The third-order valence-corrected chi connectivity index (χ3v) is 2.05. The number of aromatic nitrogens is 1. The quantitative estimate of drug-likeness (QED) is 0.792. The predicted molar refractivity (Wildman–Crippen MR) is 59.6 cm³/mol. The van der Waals surface area contributed by atoms with Gasteiger partial charge in [-0.3, -0.25) is 9.78 Å². The first-order valence-electron chi connectivity index (χ1n) is 5.16. The normalized spacial score (nSPS) is 13.2. The van der Waals surface area contributed by atoms with Crippen molar-refractivity contribution in [3.05, 3.63) is 30.1 Å². The molecule has 4 heteroatoms. The maximum atomic E-state index is 11.5. The Balaban J connectivity index is 2.48. The smallest absolute Gasteiger partial charge is 0.311 e. The van der Waals surface area contributed by atoms with Crippen LogP contribution in [0.1, 0.15) is 32.4 Å². The second-order valence-electron chi connectivity index (χ2n) is 4.65. The predicted octanol–water partition coefficient (Wildman–Crippen LogP) is 1.70. The van der Waals surface area contributed by atoms with Gasteiger partial charge in [0.05, 0.1) is 5.41 Å². The molecule has 1 N–H and O–H groups in total. The molecule has 88 valence electrons. The van der Waals surface area contributed by atoms with Gasteiger partial charge in [-0.05, 0) is 26.8 Å². The Morgan fingerprint density at radius 3 is 2.75 bits per heavy atom. The number of nitrogens with zero attached hydrogens (tertiary/aromatic N) is 1. The summed E-state index contributed by atoms with van der Waals surface area (Å²) in [6, 6.07) is 3.47. The lowest BCUT2D eigenvalue weighted by molar-refractivity contribution is -0.156. The Labute approximate surface area is 95.3 Å². The monoisotopic (exact) mass is 223 g/mol. The molecule has 16 heavy (non-hydrogen) atoms. The van der Waals surface area contributed by atoms with E-state index in [1.165, 1.54) is 0 Å². The lowest BCUT2D eigenvalue weighted by Crippen LogP contribution is -2.25. The van der Waals surface area contributed by atoms with Crippen molar-refractivity contribution in [1.82, 2.24) is 4.98 Å². The van der Waals surface area contributed by atoms with Gasteiger partial charge in [-0.1, -0.05) is 6.07 Å². The number of carbonyl (C=O) groups is 1. The van der Waals surface area contributed by atoms with Gasteiger partial charge in [-0.15, -0.1) is 0 Å². The summed E-state index contributed by atoms with van der Waals surface area (Å²) in [5.74, 6) is -0.324. The van der Waals surface area contributed by atoms with Crippen LogP contribution in [-0.2, 0) is 9.53 Å². The number of aliphatic hydroxyl groups excluding tert-OH is 1. The van der Waals surface area contributed by atoms with E-state index < -0.39 is 11.5 Å². The van der Waals surface area contributed by atoms with Crippen molar-refractivity contribution in [3.8, 4) is 0 Å². The van der Waals surface area contributed by atoms with Crippen molar-refractivity contribution in [3.63, 3.8) is 0 Å². The van der Waals surface area contributed by atoms with Crippen molar-refractivity contribution in [1.29, 1.82) is 0 Å². The summed E-state index contributed by atoms with van der Waals surface area (Å²) < 4.78 is 5.01. The Morgan fingerprint density at radius 1 is 1.56 bits per heavy atom. The zero-order chi connectivity index (χ0) is 12.2.